The fourth-order valence-corrected chi connectivity index (χ4v) is 2.22. The molecule has 0 saturated carbocycles. The van der Waals surface area contributed by atoms with Crippen LogP contribution in [-0.2, 0) is 9.47 Å². The molecule has 19 heavy (non-hydrogen) atoms. The van der Waals surface area contributed by atoms with E-state index in [9.17, 15) is 4.79 Å². The van der Waals surface area contributed by atoms with Crippen molar-refractivity contribution in [3.63, 3.8) is 0 Å². The first kappa shape index (κ1) is 13.7. The van der Waals surface area contributed by atoms with Gasteiger partial charge in [0.2, 0.25) is 5.88 Å². The Morgan fingerprint density at radius 2 is 2.00 bits per heavy atom. The van der Waals surface area contributed by atoms with Crippen LogP contribution in [-0.4, -0.2) is 41.4 Å². The molecule has 0 bridgehead atoms. The second-order valence-corrected chi connectivity index (χ2v) is 4.70. The summed E-state index contributed by atoms with van der Waals surface area (Å²) in [6.45, 7) is 4.03. The molecule has 104 valence electrons. The average Bonchev–Trinajstić information content (AvgIpc) is 2.37. The van der Waals surface area contributed by atoms with Gasteiger partial charge in [-0.15, -0.1) is 0 Å². The molecule has 1 aromatic heterocycles. The molecular weight excluding hydrogens is 248 g/mol. The number of rotatable bonds is 3. The lowest BCUT2D eigenvalue weighted by molar-refractivity contribution is -0.0730. The Morgan fingerprint density at radius 3 is 2.63 bits per heavy atom. The van der Waals surface area contributed by atoms with Crippen molar-refractivity contribution in [3.05, 3.63) is 18.1 Å². The van der Waals surface area contributed by atoms with Crippen molar-refractivity contribution in [2.24, 2.45) is 0 Å². The summed E-state index contributed by atoms with van der Waals surface area (Å²) in [7, 11) is 1.30. The zero-order valence-electron chi connectivity index (χ0n) is 11.3. The zero-order valence-corrected chi connectivity index (χ0v) is 11.3. The van der Waals surface area contributed by atoms with Crippen molar-refractivity contribution >= 4 is 5.97 Å². The van der Waals surface area contributed by atoms with E-state index in [0.29, 0.717) is 5.88 Å². The van der Waals surface area contributed by atoms with Crippen molar-refractivity contribution in [1.29, 1.82) is 0 Å². The van der Waals surface area contributed by atoms with E-state index in [1.54, 1.807) is 0 Å². The van der Waals surface area contributed by atoms with E-state index < -0.39 is 5.97 Å². The Bertz CT molecular complexity index is 442. The van der Waals surface area contributed by atoms with Crippen molar-refractivity contribution in [3.8, 4) is 5.88 Å². The molecule has 0 radical (unpaired) electrons. The highest BCUT2D eigenvalue weighted by Gasteiger charge is 2.26. The second-order valence-electron chi connectivity index (χ2n) is 4.70. The molecule has 2 atom stereocenters. The molecule has 0 aromatic carbocycles. The van der Waals surface area contributed by atoms with E-state index in [1.165, 1.54) is 19.5 Å². The number of nitrogens with zero attached hydrogens (tertiary/aromatic N) is 2. The summed E-state index contributed by atoms with van der Waals surface area (Å²) in [5, 5.41) is 0. The van der Waals surface area contributed by atoms with Gasteiger partial charge in [-0.3, -0.25) is 4.98 Å². The normalized spacial score (nSPS) is 26.8. The standard InChI is InChI=1S/C13H18N2O4/c1-8-4-10(5-9(2)18-8)19-12-7-14-6-11(15-12)13(16)17-3/h6-10H,4-5H2,1-3H3. The van der Waals surface area contributed by atoms with E-state index in [0.717, 1.165) is 12.8 Å². The smallest absolute Gasteiger partial charge is 0.358 e. The summed E-state index contributed by atoms with van der Waals surface area (Å²) in [6.07, 6.45) is 4.80. The zero-order chi connectivity index (χ0) is 13.8. The van der Waals surface area contributed by atoms with Gasteiger partial charge < -0.3 is 14.2 Å². The molecule has 0 amide bonds. The van der Waals surface area contributed by atoms with Gasteiger partial charge in [0.25, 0.3) is 0 Å². The van der Waals surface area contributed by atoms with E-state index in [1.807, 2.05) is 13.8 Å². The van der Waals surface area contributed by atoms with Crippen LogP contribution in [0.1, 0.15) is 37.2 Å². The molecule has 0 N–H and O–H groups in total. The van der Waals surface area contributed by atoms with Gasteiger partial charge in [-0.1, -0.05) is 0 Å². The monoisotopic (exact) mass is 266 g/mol. The number of aromatic nitrogens is 2. The quantitative estimate of drug-likeness (QED) is 0.774. The summed E-state index contributed by atoms with van der Waals surface area (Å²) >= 11 is 0. The molecule has 6 heteroatoms. The van der Waals surface area contributed by atoms with Crippen molar-refractivity contribution in [1.82, 2.24) is 9.97 Å². The first-order chi connectivity index (χ1) is 9.08. The van der Waals surface area contributed by atoms with Gasteiger partial charge >= 0.3 is 5.97 Å². The third-order valence-electron chi connectivity index (χ3n) is 2.95. The number of hydrogen-bond acceptors (Lipinski definition) is 6. The molecule has 2 rings (SSSR count). The summed E-state index contributed by atoms with van der Waals surface area (Å²) in [5.74, 6) is -0.180. The first-order valence-electron chi connectivity index (χ1n) is 6.31. The fraction of sp³-hybridized carbons (Fsp3) is 0.615. The molecule has 2 heterocycles. The van der Waals surface area contributed by atoms with Crippen LogP contribution >= 0.6 is 0 Å². The van der Waals surface area contributed by atoms with Gasteiger partial charge in [0.15, 0.2) is 5.69 Å². The summed E-state index contributed by atoms with van der Waals surface area (Å²) < 4.78 is 16.0. The van der Waals surface area contributed by atoms with Crippen molar-refractivity contribution < 1.29 is 19.0 Å². The molecule has 6 nitrogen and oxygen atoms in total. The largest absolute Gasteiger partial charge is 0.473 e. The number of methoxy groups -OCH3 is 1. The maximum Gasteiger partial charge on any atom is 0.358 e. The maximum atomic E-state index is 11.4. The van der Waals surface area contributed by atoms with Crippen molar-refractivity contribution in [2.75, 3.05) is 7.11 Å². The highest BCUT2D eigenvalue weighted by Crippen LogP contribution is 2.23. The van der Waals surface area contributed by atoms with E-state index in [-0.39, 0.29) is 24.0 Å². The lowest BCUT2D eigenvalue weighted by Gasteiger charge is -2.31. The molecule has 0 spiro atoms. The Labute approximate surface area is 112 Å². The Hall–Kier alpha value is -1.69. The Balaban J connectivity index is 2.04. The molecular formula is C13H18N2O4. The molecule has 1 fully saturated rings. The lowest BCUT2D eigenvalue weighted by Crippen LogP contribution is -2.35. The Kier molecular flexibility index (Phi) is 4.31. The minimum Gasteiger partial charge on any atom is -0.473 e. The van der Waals surface area contributed by atoms with Crippen molar-refractivity contribution in [2.45, 2.75) is 45.0 Å². The summed E-state index contributed by atoms with van der Waals surface area (Å²) in [6, 6.07) is 0. The van der Waals surface area contributed by atoms with Crippen LogP contribution in [0.4, 0.5) is 0 Å². The fourth-order valence-electron chi connectivity index (χ4n) is 2.22. The number of hydrogen-bond donors (Lipinski definition) is 0. The minimum absolute atomic E-state index is 0.0287. The number of carbonyl (C=O) groups is 1. The van der Waals surface area contributed by atoms with E-state index >= 15 is 0 Å². The predicted octanol–water partition coefficient (Wildman–Crippen LogP) is 1.60. The van der Waals surface area contributed by atoms with Crippen LogP contribution < -0.4 is 4.74 Å². The number of ether oxygens (including phenoxy) is 3. The minimum atomic E-state index is -0.522. The van der Waals surface area contributed by atoms with Crippen LogP contribution in [0.5, 0.6) is 5.88 Å². The molecule has 1 aliphatic rings. The molecule has 1 aliphatic heterocycles. The maximum absolute atomic E-state index is 11.4. The van der Waals surface area contributed by atoms with E-state index in [4.69, 9.17) is 9.47 Å². The highest BCUT2D eigenvalue weighted by molar-refractivity contribution is 5.86. The number of carbonyl (C=O) groups excluding carboxylic acids is 1. The predicted molar refractivity (Wildman–Crippen MR) is 67.0 cm³/mol. The molecule has 0 aliphatic carbocycles. The van der Waals surface area contributed by atoms with Gasteiger partial charge in [0.1, 0.15) is 6.10 Å². The van der Waals surface area contributed by atoms with Crippen LogP contribution in [0.3, 0.4) is 0 Å². The van der Waals surface area contributed by atoms with E-state index in [2.05, 4.69) is 14.7 Å². The first-order valence-corrected chi connectivity index (χ1v) is 6.31. The highest BCUT2D eigenvalue weighted by atomic mass is 16.5. The molecule has 1 aromatic rings. The SMILES string of the molecule is COC(=O)c1cncc(OC2CC(C)OC(C)C2)n1. The van der Waals surface area contributed by atoms with Gasteiger partial charge in [-0.2, -0.15) is 0 Å². The van der Waals surface area contributed by atoms with Crippen LogP contribution in [0.25, 0.3) is 0 Å². The summed E-state index contributed by atoms with van der Waals surface area (Å²) in [5.41, 5.74) is 0.146. The molecule has 2 unspecified atom stereocenters. The van der Waals surface area contributed by atoms with Crippen LogP contribution in [0.2, 0.25) is 0 Å². The third kappa shape index (κ3) is 3.64. The Morgan fingerprint density at radius 1 is 1.32 bits per heavy atom. The average molecular weight is 266 g/mol. The summed E-state index contributed by atoms with van der Waals surface area (Å²) in [4.78, 5) is 19.4. The van der Waals surface area contributed by atoms with Gasteiger partial charge in [0, 0.05) is 12.8 Å². The lowest BCUT2D eigenvalue weighted by atomic mass is 10.0. The van der Waals surface area contributed by atoms with Gasteiger partial charge in [0.05, 0.1) is 31.7 Å². The third-order valence-corrected chi connectivity index (χ3v) is 2.95. The number of esters is 1. The van der Waals surface area contributed by atoms with Gasteiger partial charge in [-0.25, -0.2) is 9.78 Å². The molecule has 1 saturated heterocycles. The van der Waals surface area contributed by atoms with Crippen LogP contribution in [0, 0.1) is 0 Å². The van der Waals surface area contributed by atoms with Crippen LogP contribution in [0.15, 0.2) is 12.4 Å². The second kappa shape index (κ2) is 5.97. The van der Waals surface area contributed by atoms with Gasteiger partial charge in [-0.05, 0) is 13.8 Å². The topological polar surface area (TPSA) is 70.5 Å².